The lowest BCUT2D eigenvalue weighted by Gasteiger charge is -2.07. The molecule has 0 saturated heterocycles. The number of para-hydroxylation sites is 1. The molecule has 0 aliphatic carbocycles. The van der Waals surface area contributed by atoms with E-state index in [0.29, 0.717) is 17.0 Å². The third kappa shape index (κ3) is 4.71. The Bertz CT molecular complexity index is 748. The molecule has 5 nitrogen and oxygen atoms in total. The van der Waals surface area contributed by atoms with Gasteiger partial charge in [0.15, 0.2) is 0 Å². The molecule has 2 aromatic rings. The number of oxime groups is 1. The van der Waals surface area contributed by atoms with Crippen molar-refractivity contribution in [2.75, 3.05) is 14.2 Å². The van der Waals surface area contributed by atoms with E-state index in [1.54, 1.807) is 32.2 Å². The first-order chi connectivity index (χ1) is 11.6. The van der Waals surface area contributed by atoms with Crippen LogP contribution >= 0.6 is 0 Å². The normalized spacial score (nSPS) is 11.4. The average Bonchev–Trinajstić information content (AvgIpc) is 2.61. The summed E-state index contributed by atoms with van der Waals surface area (Å²) >= 11 is 0. The molecule has 0 heterocycles. The number of hydrogen-bond donors (Lipinski definition) is 0. The van der Waals surface area contributed by atoms with Crippen molar-refractivity contribution in [1.29, 1.82) is 0 Å². The molecular weight excluding hydrogens is 306 g/mol. The Morgan fingerprint density at radius 1 is 1.04 bits per heavy atom. The first kappa shape index (κ1) is 17.3. The minimum atomic E-state index is -0.469. The number of ether oxygens (including phenoxy) is 2. The van der Waals surface area contributed by atoms with Crippen molar-refractivity contribution in [1.82, 2.24) is 0 Å². The Morgan fingerprint density at radius 3 is 2.42 bits per heavy atom. The quantitative estimate of drug-likeness (QED) is 0.267. The van der Waals surface area contributed by atoms with Crippen LogP contribution in [0.5, 0.6) is 11.5 Å². The van der Waals surface area contributed by atoms with E-state index in [4.69, 9.17) is 14.3 Å². The lowest BCUT2D eigenvalue weighted by Crippen LogP contribution is -2.08. The third-order valence-electron chi connectivity index (χ3n) is 3.24. The predicted molar refractivity (Wildman–Crippen MR) is 93.3 cm³/mol. The summed E-state index contributed by atoms with van der Waals surface area (Å²) in [6.45, 7) is 1.78. The first-order valence-electron chi connectivity index (χ1n) is 7.35. The van der Waals surface area contributed by atoms with Crippen LogP contribution in [0.3, 0.4) is 0 Å². The molecule has 0 atom stereocenters. The number of rotatable bonds is 6. The predicted octanol–water partition coefficient (Wildman–Crippen LogP) is 3.68. The average molecular weight is 325 g/mol. The van der Waals surface area contributed by atoms with Crippen molar-refractivity contribution in [2.45, 2.75) is 6.92 Å². The van der Waals surface area contributed by atoms with E-state index in [1.807, 2.05) is 36.4 Å². The highest BCUT2D eigenvalue weighted by Crippen LogP contribution is 2.19. The van der Waals surface area contributed by atoms with Gasteiger partial charge in [0.2, 0.25) is 0 Å². The molecule has 0 aromatic heterocycles. The minimum absolute atomic E-state index is 0.431. The Morgan fingerprint density at radius 2 is 1.75 bits per heavy atom. The molecule has 0 saturated carbocycles. The highest BCUT2D eigenvalue weighted by Gasteiger charge is 2.09. The van der Waals surface area contributed by atoms with E-state index < -0.39 is 5.97 Å². The summed E-state index contributed by atoms with van der Waals surface area (Å²) in [5, 5.41) is 3.87. The van der Waals surface area contributed by atoms with Crippen LogP contribution in [0, 0.1) is 0 Å². The van der Waals surface area contributed by atoms with Crippen LogP contribution < -0.4 is 9.47 Å². The van der Waals surface area contributed by atoms with E-state index in [2.05, 4.69) is 5.16 Å². The van der Waals surface area contributed by atoms with E-state index in [0.717, 1.165) is 11.3 Å². The van der Waals surface area contributed by atoms with Gasteiger partial charge in [-0.25, -0.2) is 4.79 Å². The monoisotopic (exact) mass is 325 g/mol. The smallest absolute Gasteiger partial charge is 0.336 e. The van der Waals surface area contributed by atoms with Gasteiger partial charge in [-0.05, 0) is 42.8 Å². The van der Waals surface area contributed by atoms with Crippen molar-refractivity contribution < 1.29 is 19.1 Å². The number of carbonyl (C=O) groups is 1. The summed E-state index contributed by atoms with van der Waals surface area (Å²) in [7, 11) is 3.07. The summed E-state index contributed by atoms with van der Waals surface area (Å²) in [5.74, 6) is 0.722. The third-order valence-corrected chi connectivity index (χ3v) is 3.24. The molecule has 2 rings (SSSR count). The Kier molecular flexibility index (Phi) is 6.14. The summed E-state index contributed by atoms with van der Waals surface area (Å²) in [4.78, 5) is 16.8. The Hall–Kier alpha value is -3.08. The fourth-order valence-corrected chi connectivity index (χ4v) is 2.06. The molecule has 24 heavy (non-hydrogen) atoms. The van der Waals surface area contributed by atoms with Gasteiger partial charge in [0.25, 0.3) is 0 Å². The lowest BCUT2D eigenvalue weighted by molar-refractivity contribution is -0.128. The largest absolute Gasteiger partial charge is 0.497 e. The standard InChI is InChI=1S/C19H19NO4/c1-14(20-23-3)17-6-4-5-7-18(17)24-19(21)13-10-15-8-11-16(22-2)12-9-15/h4-13H,1-3H3/b13-10+,20-14+. The highest BCUT2D eigenvalue weighted by molar-refractivity contribution is 6.01. The number of benzene rings is 2. The van der Waals surface area contributed by atoms with Crippen LogP contribution in [0.25, 0.3) is 6.08 Å². The molecule has 0 fully saturated rings. The summed E-state index contributed by atoms with van der Waals surface area (Å²) in [6, 6.07) is 14.5. The number of hydrogen-bond acceptors (Lipinski definition) is 5. The second kappa shape index (κ2) is 8.53. The summed E-state index contributed by atoms with van der Waals surface area (Å²) < 4.78 is 10.5. The van der Waals surface area contributed by atoms with Crippen molar-refractivity contribution >= 4 is 17.8 Å². The molecule has 0 N–H and O–H groups in total. The molecular formula is C19H19NO4. The molecule has 0 amide bonds. The van der Waals surface area contributed by atoms with E-state index in [1.165, 1.54) is 13.2 Å². The van der Waals surface area contributed by atoms with Gasteiger partial charge >= 0.3 is 5.97 Å². The van der Waals surface area contributed by atoms with E-state index >= 15 is 0 Å². The number of nitrogens with zero attached hydrogens (tertiary/aromatic N) is 1. The van der Waals surface area contributed by atoms with Gasteiger partial charge in [-0.2, -0.15) is 0 Å². The van der Waals surface area contributed by atoms with Gasteiger partial charge in [-0.15, -0.1) is 0 Å². The zero-order chi connectivity index (χ0) is 17.4. The maximum Gasteiger partial charge on any atom is 0.336 e. The van der Waals surface area contributed by atoms with Crippen LogP contribution in [0.15, 0.2) is 59.8 Å². The molecule has 124 valence electrons. The molecule has 0 unspecified atom stereocenters. The zero-order valence-corrected chi connectivity index (χ0v) is 13.9. The fraction of sp³-hybridized carbons (Fsp3) is 0.158. The molecule has 0 aliphatic heterocycles. The molecule has 0 radical (unpaired) electrons. The Balaban J connectivity index is 2.09. The molecule has 2 aromatic carbocycles. The van der Waals surface area contributed by atoms with Crippen LogP contribution in [-0.2, 0) is 9.63 Å². The van der Waals surface area contributed by atoms with Crippen molar-refractivity contribution in [2.24, 2.45) is 5.16 Å². The van der Waals surface area contributed by atoms with E-state index in [-0.39, 0.29) is 0 Å². The second-order valence-electron chi connectivity index (χ2n) is 4.88. The fourth-order valence-electron chi connectivity index (χ4n) is 2.06. The van der Waals surface area contributed by atoms with Crippen molar-refractivity contribution in [3.05, 3.63) is 65.7 Å². The van der Waals surface area contributed by atoms with Gasteiger partial charge in [-0.1, -0.05) is 29.4 Å². The first-order valence-corrected chi connectivity index (χ1v) is 7.35. The van der Waals surface area contributed by atoms with Gasteiger partial charge in [0, 0.05) is 11.6 Å². The van der Waals surface area contributed by atoms with Crippen LogP contribution in [0.4, 0.5) is 0 Å². The summed E-state index contributed by atoms with van der Waals surface area (Å²) in [5.41, 5.74) is 2.20. The topological polar surface area (TPSA) is 57.1 Å². The Labute approximate surface area is 141 Å². The highest BCUT2D eigenvalue weighted by atomic mass is 16.6. The van der Waals surface area contributed by atoms with Gasteiger partial charge in [0.05, 0.1) is 12.8 Å². The van der Waals surface area contributed by atoms with E-state index in [9.17, 15) is 4.79 Å². The van der Waals surface area contributed by atoms with Crippen molar-refractivity contribution in [3.8, 4) is 11.5 Å². The van der Waals surface area contributed by atoms with Gasteiger partial charge in [-0.3, -0.25) is 0 Å². The molecule has 0 aliphatic rings. The van der Waals surface area contributed by atoms with Crippen molar-refractivity contribution in [3.63, 3.8) is 0 Å². The summed E-state index contributed by atoms with van der Waals surface area (Å²) in [6.07, 6.45) is 3.06. The molecule has 0 bridgehead atoms. The maximum atomic E-state index is 12.0. The number of methoxy groups -OCH3 is 1. The number of carbonyl (C=O) groups excluding carboxylic acids is 1. The molecule has 5 heteroatoms. The SMILES string of the molecule is CO/N=C(\C)c1ccccc1OC(=O)/C=C/c1ccc(OC)cc1. The zero-order valence-electron chi connectivity index (χ0n) is 13.9. The minimum Gasteiger partial charge on any atom is -0.497 e. The van der Waals surface area contributed by atoms with Crippen LogP contribution in [0.1, 0.15) is 18.1 Å². The second-order valence-corrected chi connectivity index (χ2v) is 4.88. The van der Waals surface area contributed by atoms with Gasteiger partial charge < -0.3 is 14.3 Å². The maximum absolute atomic E-state index is 12.0. The van der Waals surface area contributed by atoms with Crippen LogP contribution in [0.2, 0.25) is 0 Å². The number of esters is 1. The van der Waals surface area contributed by atoms with Crippen LogP contribution in [-0.4, -0.2) is 25.9 Å². The van der Waals surface area contributed by atoms with Gasteiger partial charge in [0.1, 0.15) is 18.6 Å². The lowest BCUT2D eigenvalue weighted by atomic mass is 10.1. The molecule has 0 spiro atoms.